The average molecular weight is 380 g/mol. The molecule has 1 aromatic heterocycles. The lowest BCUT2D eigenvalue weighted by Gasteiger charge is -2.34. The van der Waals surface area contributed by atoms with E-state index in [1.807, 2.05) is 12.1 Å². The summed E-state index contributed by atoms with van der Waals surface area (Å²) in [7, 11) is 0. The van der Waals surface area contributed by atoms with Gasteiger partial charge in [-0.05, 0) is 36.6 Å². The monoisotopic (exact) mass is 380 g/mol. The third-order valence-corrected chi connectivity index (χ3v) is 5.68. The van der Waals surface area contributed by atoms with Gasteiger partial charge < -0.3 is 15.0 Å². The molecule has 148 valence electrons. The van der Waals surface area contributed by atoms with Crippen LogP contribution < -0.4 is 10.2 Å². The van der Waals surface area contributed by atoms with Gasteiger partial charge in [0.2, 0.25) is 0 Å². The molecule has 1 amide bonds. The minimum Gasteiger partial charge on any atom is -0.378 e. The van der Waals surface area contributed by atoms with Gasteiger partial charge in [-0.1, -0.05) is 24.3 Å². The summed E-state index contributed by atoms with van der Waals surface area (Å²) in [5, 5.41) is 3.12. The number of aromatic nitrogens is 1. The fourth-order valence-electron chi connectivity index (χ4n) is 3.96. The number of nitrogens with one attached hydrogen (secondary N) is 1. The molecule has 0 aliphatic carbocycles. The van der Waals surface area contributed by atoms with Crippen molar-refractivity contribution in [3.05, 3.63) is 59.3 Å². The molecule has 1 fully saturated rings. The third kappa shape index (κ3) is 4.18. The summed E-state index contributed by atoms with van der Waals surface area (Å²) in [6, 6.07) is 12.6. The van der Waals surface area contributed by atoms with Crippen LogP contribution in [0.5, 0.6) is 0 Å². The van der Waals surface area contributed by atoms with Gasteiger partial charge in [-0.2, -0.15) is 0 Å². The highest BCUT2D eigenvalue weighted by molar-refractivity contribution is 5.98. The second kappa shape index (κ2) is 8.71. The highest BCUT2D eigenvalue weighted by Crippen LogP contribution is 2.21. The van der Waals surface area contributed by atoms with E-state index in [1.54, 1.807) is 6.20 Å². The van der Waals surface area contributed by atoms with Gasteiger partial charge in [0.05, 0.1) is 18.8 Å². The maximum atomic E-state index is 12.9. The molecule has 1 atom stereocenters. The molecule has 28 heavy (non-hydrogen) atoms. The zero-order chi connectivity index (χ0) is 19.3. The van der Waals surface area contributed by atoms with E-state index < -0.39 is 0 Å². The Hall–Kier alpha value is -2.44. The lowest BCUT2D eigenvalue weighted by Crippen LogP contribution is -2.44. The largest absolute Gasteiger partial charge is 0.378 e. The Morgan fingerprint density at radius 3 is 2.75 bits per heavy atom. The van der Waals surface area contributed by atoms with Gasteiger partial charge in [0.25, 0.3) is 5.91 Å². The van der Waals surface area contributed by atoms with Crippen LogP contribution in [0.2, 0.25) is 0 Å². The Bertz CT molecular complexity index is 820. The normalized spacial score (nSPS) is 18.4. The number of amides is 1. The second-order valence-electron chi connectivity index (χ2n) is 7.52. The summed E-state index contributed by atoms with van der Waals surface area (Å²) >= 11 is 0. The second-order valence-corrected chi connectivity index (χ2v) is 7.52. The quantitative estimate of drug-likeness (QED) is 0.861. The molecule has 3 heterocycles. The van der Waals surface area contributed by atoms with Crippen molar-refractivity contribution in [3.63, 3.8) is 0 Å². The van der Waals surface area contributed by atoms with Crippen molar-refractivity contribution < 1.29 is 9.53 Å². The molecule has 1 N–H and O–H groups in total. The molecule has 2 aliphatic heterocycles. The van der Waals surface area contributed by atoms with E-state index in [4.69, 9.17) is 4.74 Å². The Labute approximate surface area is 166 Å². The first kappa shape index (κ1) is 18.9. The van der Waals surface area contributed by atoms with Gasteiger partial charge in [-0.15, -0.1) is 0 Å². The van der Waals surface area contributed by atoms with Gasteiger partial charge in [0, 0.05) is 45.0 Å². The molecule has 0 bridgehead atoms. The fourth-order valence-corrected chi connectivity index (χ4v) is 3.96. The van der Waals surface area contributed by atoms with E-state index in [-0.39, 0.29) is 11.9 Å². The van der Waals surface area contributed by atoms with E-state index >= 15 is 0 Å². The van der Waals surface area contributed by atoms with Crippen LogP contribution in [-0.4, -0.2) is 61.2 Å². The molecule has 6 nitrogen and oxygen atoms in total. The van der Waals surface area contributed by atoms with Gasteiger partial charge in [-0.3, -0.25) is 9.69 Å². The Kier molecular flexibility index (Phi) is 5.88. The summed E-state index contributed by atoms with van der Waals surface area (Å²) in [6.45, 7) is 7.65. The molecule has 2 aliphatic rings. The van der Waals surface area contributed by atoms with E-state index in [0.29, 0.717) is 25.3 Å². The molecule has 0 saturated carbocycles. The predicted molar refractivity (Wildman–Crippen MR) is 110 cm³/mol. The maximum absolute atomic E-state index is 12.9. The van der Waals surface area contributed by atoms with Gasteiger partial charge in [-0.25, -0.2) is 4.98 Å². The number of carbonyl (C=O) groups is 1. The Morgan fingerprint density at radius 1 is 1.14 bits per heavy atom. The SMILES string of the molecule is CC(CNC(=O)c1cccnc1N1CCOCC1)N1CCc2ccccc2C1. The van der Waals surface area contributed by atoms with Crippen molar-refractivity contribution in [1.29, 1.82) is 0 Å². The molecule has 4 rings (SSSR count). The number of hydrogen-bond acceptors (Lipinski definition) is 5. The minimum atomic E-state index is -0.0566. The number of nitrogens with zero attached hydrogens (tertiary/aromatic N) is 3. The molecule has 1 unspecified atom stereocenters. The average Bonchev–Trinajstić information content (AvgIpc) is 2.77. The number of pyridine rings is 1. The number of ether oxygens (including phenoxy) is 1. The van der Waals surface area contributed by atoms with Gasteiger partial charge in [0.15, 0.2) is 0 Å². The first-order valence-corrected chi connectivity index (χ1v) is 10.1. The number of benzene rings is 1. The number of carbonyl (C=O) groups excluding carboxylic acids is 1. The number of hydrogen-bond donors (Lipinski definition) is 1. The van der Waals surface area contributed by atoms with Crippen molar-refractivity contribution in [3.8, 4) is 0 Å². The van der Waals surface area contributed by atoms with Crippen LogP contribution in [0, 0.1) is 0 Å². The topological polar surface area (TPSA) is 57.7 Å². The van der Waals surface area contributed by atoms with E-state index in [9.17, 15) is 4.79 Å². The summed E-state index contributed by atoms with van der Waals surface area (Å²) in [6.07, 6.45) is 2.81. The lowest BCUT2D eigenvalue weighted by atomic mass is 9.99. The van der Waals surface area contributed by atoms with Gasteiger partial charge >= 0.3 is 0 Å². The highest BCUT2D eigenvalue weighted by atomic mass is 16.5. The zero-order valence-electron chi connectivity index (χ0n) is 16.4. The smallest absolute Gasteiger partial charge is 0.255 e. The van der Waals surface area contributed by atoms with Crippen molar-refractivity contribution in [2.24, 2.45) is 0 Å². The number of anilines is 1. The molecule has 0 radical (unpaired) electrons. The Balaban J connectivity index is 1.37. The minimum absolute atomic E-state index is 0.0566. The van der Waals surface area contributed by atoms with Crippen molar-refractivity contribution >= 4 is 11.7 Å². The summed E-state index contributed by atoms with van der Waals surface area (Å²) in [5.74, 6) is 0.696. The predicted octanol–water partition coefficient (Wildman–Crippen LogP) is 2.09. The van der Waals surface area contributed by atoms with E-state index in [0.717, 1.165) is 38.4 Å². The zero-order valence-corrected chi connectivity index (χ0v) is 16.4. The fraction of sp³-hybridized carbons (Fsp3) is 0.455. The van der Waals surface area contributed by atoms with Crippen LogP contribution in [0.25, 0.3) is 0 Å². The molecular formula is C22H28N4O2. The van der Waals surface area contributed by atoms with Crippen LogP contribution in [0.3, 0.4) is 0 Å². The lowest BCUT2D eigenvalue weighted by molar-refractivity contribution is 0.0930. The molecular weight excluding hydrogens is 352 g/mol. The summed E-state index contributed by atoms with van der Waals surface area (Å²) in [5.41, 5.74) is 3.48. The maximum Gasteiger partial charge on any atom is 0.255 e. The van der Waals surface area contributed by atoms with E-state index in [1.165, 1.54) is 11.1 Å². The summed E-state index contributed by atoms with van der Waals surface area (Å²) in [4.78, 5) is 21.9. The van der Waals surface area contributed by atoms with Crippen LogP contribution >= 0.6 is 0 Å². The first-order chi connectivity index (χ1) is 13.7. The third-order valence-electron chi connectivity index (χ3n) is 5.68. The first-order valence-electron chi connectivity index (χ1n) is 10.1. The highest BCUT2D eigenvalue weighted by Gasteiger charge is 2.23. The summed E-state index contributed by atoms with van der Waals surface area (Å²) < 4.78 is 5.42. The van der Waals surface area contributed by atoms with Crippen molar-refractivity contribution in [2.45, 2.75) is 25.9 Å². The van der Waals surface area contributed by atoms with Crippen molar-refractivity contribution in [2.75, 3.05) is 44.3 Å². The van der Waals surface area contributed by atoms with Crippen LogP contribution in [0.15, 0.2) is 42.6 Å². The van der Waals surface area contributed by atoms with E-state index in [2.05, 4.69) is 51.3 Å². The number of fused-ring (bicyclic) bond motifs is 1. The molecule has 0 spiro atoms. The van der Waals surface area contributed by atoms with Crippen molar-refractivity contribution in [1.82, 2.24) is 15.2 Å². The standard InChI is InChI=1S/C22H28N4O2/c1-17(26-10-8-18-5-2-3-6-19(18)16-26)15-24-22(27)20-7-4-9-23-21(20)25-11-13-28-14-12-25/h2-7,9,17H,8,10-16H2,1H3,(H,24,27). The molecule has 1 aromatic carbocycles. The van der Waals surface area contributed by atoms with Crippen LogP contribution in [0.1, 0.15) is 28.4 Å². The number of rotatable bonds is 5. The molecule has 1 saturated heterocycles. The van der Waals surface area contributed by atoms with Crippen LogP contribution in [0.4, 0.5) is 5.82 Å². The molecule has 2 aromatic rings. The number of morpholine rings is 1. The van der Waals surface area contributed by atoms with Crippen LogP contribution in [-0.2, 0) is 17.7 Å². The Morgan fingerprint density at radius 2 is 1.93 bits per heavy atom. The molecule has 6 heteroatoms. The van der Waals surface area contributed by atoms with Gasteiger partial charge in [0.1, 0.15) is 5.82 Å².